The zero-order valence-corrected chi connectivity index (χ0v) is 18.1. The number of hydrogen-bond acceptors (Lipinski definition) is 4. The van der Waals surface area contributed by atoms with Gasteiger partial charge in [-0.25, -0.2) is 13.1 Å². The second-order valence-electron chi connectivity index (χ2n) is 7.42. The van der Waals surface area contributed by atoms with Crippen molar-refractivity contribution in [1.82, 2.24) is 4.72 Å². The molecule has 0 aliphatic carbocycles. The Morgan fingerprint density at radius 3 is 2.57 bits per heavy atom. The predicted octanol–water partition coefficient (Wildman–Crippen LogP) is 4.62. The van der Waals surface area contributed by atoms with Gasteiger partial charge in [0.15, 0.2) is 0 Å². The fourth-order valence-electron chi connectivity index (χ4n) is 3.62. The number of hydrogen-bond donors (Lipinski definition) is 1. The van der Waals surface area contributed by atoms with Crippen LogP contribution in [0.1, 0.15) is 38.3 Å². The fourth-order valence-corrected chi connectivity index (χ4v) is 5.29. The van der Waals surface area contributed by atoms with E-state index in [-0.39, 0.29) is 16.7 Å². The van der Waals surface area contributed by atoms with Gasteiger partial charge in [-0.1, -0.05) is 30.7 Å². The van der Waals surface area contributed by atoms with E-state index in [9.17, 15) is 8.42 Å². The molecule has 2 aromatic carbocycles. The van der Waals surface area contributed by atoms with E-state index in [1.165, 1.54) is 31.7 Å². The summed E-state index contributed by atoms with van der Waals surface area (Å²) in [6.45, 7) is 6.24. The number of sulfonamides is 1. The van der Waals surface area contributed by atoms with Gasteiger partial charge in [0, 0.05) is 29.8 Å². The molecule has 1 heterocycles. The largest absolute Gasteiger partial charge is 0.495 e. The van der Waals surface area contributed by atoms with Crippen molar-refractivity contribution in [2.75, 3.05) is 25.1 Å². The Morgan fingerprint density at radius 1 is 1.21 bits per heavy atom. The van der Waals surface area contributed by atoms with Crippen LogP contribution in [0.5, 0.6) is 5.75 Å². The van der Waals surface area contributed by atoms with Crippen molar-refractivity contribution < 1.29 is 13.2 Å². The molecule has 1 fully saturated rings. The average molecular weight is 423 g/mol. The Bertz CT molecular complexity index is 916. The highest BCUT2D eigenvalue weighted by molar-refractivity contribution is 7.89. The molecule has 2 aromatic rings. The maximum absolute atomic E-state index is 12.8. The Balaban J connectivity index is 1.75. The molecule has 0 bridgehead atoms. The van der Waals surface area contributed by atoms with Crippen LogP contribution >= 0.6 is 11.6 Å². The first-order valence-electron chi connectivity index (χ1n) is 9.51. The van der Waals surface area contributed by atoms with Crippen molar-refractivity contribution in [3.8, 4) is 5.75 Å². The number of nitrogens with zero attached hydrogens (tertiary/aromatic N) is 1. The molecule has 0 spiro atoms. The lowest BCUT2D eigenvalue weighted by Crippen LogP contribution is -2.34. The number of rotatable bonds is 6. The predicted molar refractivity (Wildman–Crippen MR) is 114 cm³/mol. The molecule has 0 saturated carbocycles. The molecule has 28 heavy (non-hydrogen) atoms. The second kappa shape index (κ2) is 8.72. The van der Waals surface area contributed by atoms with Crippen LogP contribution in [0, 0.1) is 5.92 Å². The summed E-state index contributed by atoms with van der Waals surface area (Å²) in [6.07, 6.45) is 2.49. The maximum atomic E-state index is 12.8. The number of piperidine rings is 1. The third kappa shape index (κ3) is 4.80. The van der Waals surface area contributed by atoms with Gasteiger partial charge in [-0.3, -0.25) is 0 Å². The van der Waals surface area contributed by atoms with Crippen LogP contribution in [0.2, 0.25) is 5.02 Å². The van der Waals surface area contributed by atoms with Crippen LogP contribution in [0.3, 0.4) is 0 Å². The van der Waals surface area contributed by atoms with E-state index in [1.54, 1.807) is 12.1 Å². The highest BCUT2D eigenvalue weighted by Crippen LogP contribution is 2.29. The zero-order valence-electron chi connectivity index (χ0n) is 16.5. The Hall–Kier alpha value is -1.76. The molecule has 0 radical (unpaired) electrons. The van der Waals surface area contributed by atoms with Crippen LogP contribution in [0.15, 0.2) is 47.4 Å². The lowest BCUT2D eigenvalue weighted by atomic mass is 9.99. The second-order valence-corrected chi connectivity index (χ2v) is 9.54. The van der Waals surface area contributed by atoms with Crippen molar-refractivity contribution in [2.45, 2.75) is 37.6 Å². The minimum Gasteiger partial charge on any atom is -0.495 e. The normalized spacial score (nSPS) is 18.7. The molecule has 0 unspecified atom stereocenters. The van der Waals surface area contributed by atoms with Gasteiger partial charge in [-0.05, 0) is 61.6 Å². The van der Waals surface area contributed by atoms with Crippen molar-refractivity contribution in [3.63, 3.8) is 0 Å². The minimum atomic E-state index is -3.78. The summed E-state index contributed by atoms with van der Waals surface area (Å²) < 4.78 is 33.6. The van der Waals surface area contributed by atoms with Crippen LogP contribution in [-0.4, -0.2) is 28.6 Å². The van der Waals surface area contributed by atoms with Crippen LogP contribution in [0.4, 0.5) is 5.69 Å². The first kappa shape index (κ1) is 21.0. The van der Waals surface area contributed by atoms with Crippen LogP contribution in [-0.2, 0) is 10.0 Å². The Kier molecular flexibility index (Phi) is 6.53. The number of ether oxygens (including phenoxy) is 1. The molecule has 2 atom stereocenters. The van der Waals surface area contributed by atoms with E-state index in [0.717, 1.165) is 18.7 Å². The fraction of sp³-hybridized carbons (Fsp3) is 0.429. The van der Waals surface area contributed by atoms with E-state index in [1.807, 2.05) is 19.1 Å². The molecule has 1 saturated heterocycles. The van der Waals surface area contributed by atoms with Crippen molar-refractivity contribution >= 4 is 27.3 Å². The molecular weight excluding hydrogens is 396 g/mol. The lowest BCUT2D eigenvalue weighted by molar-refractivity contribution is 0.402. The van der Waals surface area contributed by atoms with E-state index < -0.39 is 10.0 Å². The van der Waals surface area contributed by atoms with Crippen LogP contribution in [0.25, 0.3) is 0 Å². The van der Waals surface area contributed by atoms with Gasteiger partial charge in [0.2, 0.25) is 10.0 Å². The Labute approximate surface area is 172 Å². The quantitative estimate of drug-likeness (QED) is 0.737. The first-order chi connectivity index (χ1) is 13.3. The van der Waals surface area contributed by atoms with Crippen molar-refractivity contribution in [2.24, 2.45) is 5.92 Å². The number of anilines is 1. The summed E-state index contributed by atoms with van der Waals surface area (Å²) in [4.78, 5) is 2.43. The summed E-state index contributed by atoms with van der Waals surface area (Å²) in [6, 6.07) is 12.3. The minimum absolute atomic E-state index is 0.0354. The molecule has 1 N–H and O–H groups in total. The smallest absolute Gasteiger partial charge is 0.244 e. The van der Waals surface area contributed by atoms with Gasteiger partial charge in [0.1, 0.15) is 10.6 Å². The monoisotopic (exact) mass is 422 g/mol. The van der Waals surface area contributed by atoms with E-state index in [2.05, 4.69) is 28.7 Å². The third-order valence-corrected chi connectivity index (χ3v) is 6.96. The number of benzene rings is 2. The Morgan fingerprint density at radius 2 is 1.93 bits per heavy atom. The van der Waals surface area contributed by atoms with Crippen molar-refractivity contribution in [1.29, 1.82) is 0 Å². The standard InChI is InChI=1S/C21H27ClN2O3S/c1-15-5-4-12-24(14-15)19-9-6-17(7-10-19)16(2)23-28(25,26)21-13-18(22)8-11-20(21)27-3/h6-11,13,15-16,23H,4-5,12,14H2,1-3H3/t15-,16+/m0/s1. The van der Waals surface area contributed by atoms with Gasteiger partial charge < -0.3 is 9.64 Å². The van der Waals surface area contributed by atoms with Crippen LogP contribution < -0.4 is 14.4 Å². The molecule has 7 heteroatoms. The van der Waals surface area contributed by atoms with Gasteiger partial charge >= 0.3 is 0 Å². The molecular formula is C21H27ClN2O3S. The molecule has 1 aliphatic heterocycles. The molecule has 3 rings (SSSR count). The molecule has 152 valence electrons. The van der Waals surface area contributed by atoms with Gasteiger partial charge in [-0.2, -0.15) is 0 Å². The van der Waals surface area contributed by atoms with Gasteiger partial charge in [-0.15, -0.1) is 0 Å². The molecule has 0 aromatic heterocycles. The molecule has 1 aliphatic rings. The van der Waals surface area contributed by atoms with E-state index in [0.29, 0.717) is 10.9 Å². The zero-order chi connectivity index (χ0) is 20.3. The number of methoxy groups -OCH3 is 1. The topological polar surface area (TPSA) is 58.6 Å². The SMILES string of the molecule is COc1ccc(Cl)cc1S(=O)(=O)N[C@H](C)c1ccc(N2CCC[C@H](C)C2)cc1. The number of halogens is 1. The molecule has 0 amide bonds. The summed E-state index contributed by atoms with van der Waals surface area (Å²) in [5, 5.41) is 0.342. The lowest BCUT2D eigenvalue weighted by Gasteiger charge is -2.33. The van der Waals surface area contributed by atoms with E-state index in [4.69, 9.17) is 16.3 Å². The maximum Gasteiger partial charge on any atom is 0.244 e. The highest BCUT2D eigenvalue weighted by atomic mass is 35.5. The third-order valence-electron chi connectivity index (χ3n) is 5.16. The first-order valence-corrected chi connectivity index (χ1v) is 11.4. The van der Waals surface area contributed by atoms with Crippen molar-refractivity contribution in [3.05, 3.63) is 53.1 Å². The molecule has 5 nitrogen and oxygen atoms in total. The summed E-state index contributed by atoms with van der Waals surface area (Å²) in [7, 11) is -2.34. The summed E-state index contributed by atoms with van der Waals surface area (Å²) in [5.41, 5.74) is 2.08. The van der Waals surface area contributed by atoms with Gasteiger partial charge in [0.25, 0.3) is 0 Å². The summed E-state index contributed by atoms with van der Waals surface area (Å²) >= 11 is 5.98. The summed E-state index contributed by atoms with van der Waals surface area (Å²) in [5.74, 6) is 0.963. The highest BCUT2D eigenvalue weighted by Gasteiger charge is 2.23. The number of nitrogens with one attached hydrogen (secondary N) is 1. The van der Waals surface area contributed by atoms with Gasteiger partial charge in [0.05, 0.1) is 7.11 Å². The average Bonchev–Trinajstić information content (AvgIpc) is 2.68. The van der Waals surface area contributed by atoms with E-state index >= 15 is 0 Å².